The monoisotopic (exact) mass is 278 g/mol. The predicted octanol–water partition coefficient (Wildman–Crippen LogP) is 1.19. The van der Waals surface area contributed by atoms with Crippen LogP contribution < -0.4 is 5.32 Å². The molecule has 1 heterocycles. The van der Waals surface area contributed by atoms with E-state index in [-0.39, 0.29) is 17.7 Å². The zero-order chi connectivity index (χ0) is 13.7. The van der Waals surface area contributed by atoms with Crippen LogP contribution in [0.2, 0.25) is 0 Å². The van der Waals surface area contributed by atoms with Gasteiger partial charge in [-0.25, -0.2) is 0 Å². The van der Waals surface area contributed by atoms with E-state index >= 15 is 0 Å². The number of amides is 2. The summed E-state index contributed by atoms with van der Waals surface area (Å²) in [4.78, 5) is 25.8. The van der Waals surface area contributed by atoms with Crippen LogP contribution in [0.3, 0.4) is 0 Å². The lowest BCUT2D eigenvalue weighted by atomic mass is 10.1. The zero-order valence-electron chi connectivity index (χ0n) is 10.7. The van der Waals surface area contributed by atoms with E-state index in [1.165, 1.54) is 0 Å². The molecule has 1 saturated heterocycles. The predicted molar refractivity (Wildman–Crippen MR) is 77.3 cm³/mol. The fourth-order valence-electron chi connectivity index (χ4n) is 2.25. The van der Waals surface area contributed by atoms with E-state index in [2.05, 4.69) is 17.9 Å². The number of nitrogens with one attached hydrogen (secondary N) is 1. The van der Waals surface area contributed by atoms with Crippen LogP contribution in [0.15, 0.2) is 30.3 Å². The van der Waals surface area contributed by atoms with Crippen LogP contribution in [0.1, 0.15) is 16.8 Å². The standard InChI is InChI=1S/C14H18N2O2S/c17-13(15-7-9-19)12-6-8-16(10-12)14(18)11-4-2-1-3-5-11/h1-5,12,19H,6-10H2,(H,15,17). The second-order valence-corrected chi connectivity index (χ2v) is 5.06. The number of likely N-dealkylation sites (tertiary alicyclic amines) is 1. The van der Waals surface area contributed by atoms with Gasteiger partial charge in [0.15, 0.2) is 0 Å². The van der Waals surface area contributed by atoms with E-state index in [1.54, 1.807) is 17.0 Å². The van der Waals surface area contributed by atoms with Crippen LogP contribution in [0.25, 0.3) is 0 Å². The number of carbonyl (C=O) groups excluding carboxylic acids is 2. The summed E-state index contributed by atoms with van der Waals surface area (Å²) < 4.78 is 0. The molecule has 2 rings (SSSR count). The molecular formula is C14H18N2O2S. The summed E-state index contributed by atoms with van der Waals surface area (Å²) in [5, 5.41) is 2.82. The fourth-order valence-corrected chi connectivity index (χ4v) is 2.36. The quantitative estimate of drug-likeness (QED) is 0.813. The second kappa shape index (κ2) is 6.61. The number of hydrogen-bond donors (Lipinski definition) is 2. The molecule has 102 valence electrons. The summed E-state index contributed by atoms with van der Waals surface area (Å²) >= 11 is 4.06. The summed E-state index contributed by atoms with van der Waals surface area (Å²) in [7, 11) is 0. The van der Waals surface area contributed by atoms with Gasteiger partial charge in [-0.05, 0) is 18.6 Å². The van der Waals surface area contributed by atoms with Gasteiger partial charge in [0.2, 0.25) is 5.91 Å². The van der Waals surface area contributed by atoms with Gasteiger partial charge in [0, 0.05) is 31.0 Å². The molecule has 1 aromatic rings. The second-order valence-electron chi connectivity index (χ2n) is 4.62. The molecule has 1 aromatic carbocycles. The first kappa shape index (κ1) is 13.9. The van der Waals surface area contributed by atoms with Crippen molar-refractivity contribution in [2.24, 2.45) is 5.92 Å². The van der Waals surface area contributed by atoms with Gasteiger partial charge in [-0.15, -0.1) is 0 Å². The molecule has 0 spiro atoms. The molecule has 1 unspecified atom stereocenters. The first-order chi connectivity index (χ1) is 9.22. The van der Waals surface area contributed by atoms with Crippen LogP contribution >= 0.6 is 12.6 Å². The lowest BCUT2D eigenvalue weighted by Gasteiger charge is -2.16. The lowest BCUT2D eigenvalue weighted by molar-refractivity contribution is -0.124. The van der Waals surface area contributed by atoms with E-state index in [0.717, 1.165) is 6.42 Å². The Morgan fingerprint density at radius 2 is 2.05 bits per heavy atom. The van der Waals surface area contributed by atoms with E-state index in [4.69, 9.17) is 0 Å². The van der Waals surface area contributed by atoms with Crippen LogP contribution in [0, 0.1) is 5.92 Å². The molecule has 2 amide bonds. The number of nitrogens with zero attached hydrogens (tertiary/aromatic N) is 1. The van der Waals surface area contributed by atoms with Crippen molar-refractivity contribution in [2.75, 3.05) is 25.4 Å². The molecule has 5 heteroatoms. The fraction of sp³-hybridized carbons (Fsp3) is 0.429. The highest BCUT2D eigenvalue weighted by Gasteiger charge is 2.31. The summed E-state index contributed by atoms with van der Waals surface area (Å²) in [5.74, 6) is 0.570. The smallest absolute Gasteiger partial charge is 0.253 e. The van der Waals surface area contributed by atoms with Gasteiger partial charge in [0.25, 0.3) is 5.91 Å². The summed E-state index contributed by atoms with van der Waals surface area (Å²) in [6, 6.07) is 9.18. The third-order valence-electron chi connectivity index (χ3n) is 3.28. The first-order valence-corrected chi connectivity index (χ1v) is 7.08. The van der Waals surface area contributed by atoms with E-state index in [9.17, 15) is 9.59 Å². The van der Waals surface area contributed by atoms with Gasteiger partial charge < -0.3 is 10.2 Å². The molecule has 0 radical (unpaired) electrons. The van der Waals surface area contributed by atoms with Crippen molar-refractivity contribution in [1.29, 1.82) is 0 Å². The molecule has 0 aromatic heterocycles. The molecule has 0 saturated carbocycles. The highest BCUT2D eigenvalue weighted by atomic mass is 32.1. The average molecular weight is 278 g/mol. The number of thiol groups is 1. The van der Waals surface area contributed by atoms with E-state index in [0.29, 0.717) is 31.0 Å². The van der Waals surface area contributed by atoms with Crippen LogP contribution in [0.5, 0.6) is 0 Å². The number of rotatable bonds is 4. The topological polar surface area (TPSA) is 49.4 Å². The van der Waals surface area contributed by atoms with Gasteiger partial charge in [-0.2, -0.15) is 12.6 Å². The lowest BCUT2D eigenvalue weighted by Crippen LogP contribution is -2.35. The summed E-state index contributed by atoms with van der Waals surface area (Å²) in [6.45, 7) is 1.73. The largest absolute Gasteiger partial charge is 0.355 e. The minimum atomic E-state index is -0.0902. The number of hydrogen-bond acceptors (Lipinski definition) is 3. The van der Waals surface area contributed by atoms with Gasteiger partial charge in [-0.3, -0.25) is 9.59 Å². The maximum absolute atomic E-state index is 12.2. The van der Waals surface area contributed by atoms with Gasteiger partial charge in [0.1, 0.15) is 0 Å². The average Bonchev–Trinajstić information content (AvgIpc) is 2.94. The Labute approximate surface area is 118 Å². The maximum atomic E-state index is 12.2. The Kier molecular flexibility index (Phi) is 4.85. The molecule has 1 aliphatic heterocycles. The Bertz CT molecular complexity index is 450. The van der Waals surface area contributed by atoms with Gasteiger partial charge >= 0.3 is 0 Å². The zero-order valence-corrected chi connectivity index (χ0v) is 11.6. The summed E-state index contributed by atoms with van der Waals surface area (Å²) in [6.07, 6.45) is 0.733. The molecule has 19 heavy (non-hydrogen) atoms. The Hall–Kier alpha value is -1.49. The van der Waals surface area contributed by atoms with Crippen molar-refractivity contribution in [1.82, 2.24) is 10.2 Å². The number of carbonyl (C=O) groups is 2. The van der Waals surface area contributed by atoms with Crippen LogP contribution in [-0.2, 0) is 4.79 Å². The Morgan fingerprint density at radius 3 is 2.74 bits per heavy atom. The first-order valence-electron chi connectivity index (χ1n) is 6.45. The molecule has 1 N–H and O–H groups in total. The highest BCUT2D eigenvalue weighted by Crippen LogP contribution is 2.18. The normalized spacial score (nSPS) is 18.4. The molecule has 0 bridgehead atoms. The molecular weight excluding hydrogens is 260 g/mol. The summed E-state index contributed by atoms with van der Waals surface area (Å²) in [5.41, 5.74) is 0.680. The van der Waals surface area contributed by atoms with E-state index in [1.807, 2.05) is 18.2 Å². The van der Waals surface area contributed by atoms with E-state index < -0.39 is 0 Å². The third-order valence-corrected chi connectivity index (χ3v) is 3.50. The maximum Gasteiger partial charge on any atom is 0.253 e. The van der Waals surface area contributed by atoms with Crippen molar-refractivity contribution in [3.8, 4) is 0 Å². The van der Waals surface area contributed by atoms with Gasteiger partial charge in [0.05, 0.1) is 5.92 Å². The molecule has 4 nitrogen and oxygen atoms in total. The minimum Gasteiger partial charge on any atom is -0.355 e. The van der Waals surface area contributed by atoms with Crippen molar-refractivity contribution in [3.05, 3.63) is 35.9 Å². The molecule has 1 aliphatic rings. The van der Waals surface area contributed by atoms with Crippen molar-refractivity contribution < 1.29 is 9.59 Å². The molecule has 1 atom stereocenters. The van der Waals surface area contributed by atoms with Crippen molar-refractivity contribution in [3.63, 3.8) is 0 Å². The molecule has 0 aliphatic carbocycles. The molecule has 1 fully saturated rings. The van der Waals surface area contributed by atoms with Crippen molar-refractivity contribution >= 4 is 24.4 Å². The number of benzene rings is 1. The van der Waals surface area contributed by atoms with Crippen LogP contribution in [-0.4, -0.2) is 42.1 Å². The van der Waals surface area contributed by atoms with Crippen molar-refractivity contribution in [2.45, 2.75) is 6.42 Å². The Morgan fingerprint density at radius 1 is 1.32 bits per heavy atom. The van der Waals surface area contributed by atoms with Crippen LogP contribution in [0.4, 0.5) is 0 Å². The third kappa shape index (κ3) is 3.50. The minimum absolute atomic E-state index is 0.00472. The Balaban J connectivity index is 1.91. The highest BCUT2D eigenvalue weighted by molar-refractivity contribution is 7.80. The van der Waals surface area contributed by atoms with Gasteiger partial charge in [-0.1, -0.05) is 18.2 Å². The SMILES string of the molecule is O=C(NCCS)C1CCN(C(=O)c2ccccc2)C1.